The van der Waals surface area contributed by atoms with Crippen molar-refractivity contribution in [3.05, 3.63) is 59.2 Å². The van der Waals surface area contributed by atoms with Crippen molar-refractivity contribution in [2.45, 2.75) is 12.3 Å². The third kappa shape index (κ3) is 3.94. The van der Waals surface area contributed by atoms with Crippen molar-refractivity contribution >= 4 is 27.4 Å². The number of pyridine rings is 1. The normalized spacial score (nSPS) is 15.2. The van der Waals surface area contributed by atoms with Gasteiger partial charge in [0.15, 0.2) is 0 Å². The summed E-state index contributed by atoms with van der Waals surface area (Å²) in [5, 5.41) is 1.03. The van der Waals surface area contributed by atoms with Crippen molar-refractivity contribution in [1.82, 2.24) is 9.97 Å². The van der Waals surface area contributed by atoms with Crippen LogP contribution in [-0.2, 0) is 6.42 Å². The molecule has 0 spiro atoms. The highest BCUT2D eigenvalue weighted by molar-refractivity contribution is 7.18. The quantitative estimate of drug-likeness (QED) is 0.459. The number of fused-ring (bicyclic) bond motifs is 2. The molecule has 0 saturated heterocycles. The summed E-state index contributed by atoms with van der Waals surface area (Å²) in [4.78, 5) is 9.05. The molecule has 0 saturated carbocycles. The molecule has 2 aromatic heterocycles. The molecule has 5 rings (SSSR count). The van der Waals surface area contributed by atoms with Crippen LogP contribution < -0.4 is 25.7 Å². The Morgan fingerprint density at radius 3 is 2.88 bits per heavy atom. The van der Waals surface area contributed by atoms with Crippen LogP contribution in [0.25, 0.3) is 21.3 Å². The number of rotatable bonds is 6. The number of hydrogen-bond donors (Lipinski definition) is 2. The second-order valence-corrected chi connectivity index (χ2v) is 8.73. The molecule has 0 aliphatic carbocycles. The molecule has 2 aromatic carbocycles. The number of hydrogen-bond acceptors (Lipinski definition) is 8. The summed E-state index contributed by atoms with van der Waals surface area (Å²) in [6.07, 6.45) is 2.55. The number of nitrogens with two attached hydrogens (primary N) is 2. The smallest absolute Gasteiger partial charge is 0.147 e. The van der Waals surface area contributed by atoms with E-state index in [9.17, 15) is 0 Å². The first-order chi connectivity index (χ1) is 15.6. The minimum absolute atomic E-state index is 0.161. The molecule has 0 radical (unpaired) electrons. The minimum atomic E-state index is 0.161. The first kappa shape index (κ1) is 20.5. The molecular weight excluding hydrogens is 424 g/mol. The van der Waals surface area contributed by atoms with Crippen molar-refractivity contribution in [3.63, 3.8) is 0 Å². The summed E-state index contributed by atoms with van der Waals surface area (Å²) in [7, 11) is 1.67. The number of aromatic nitrogens is 2. The fourth-order valence-electron chi connectivity index (χ4n) is 3.92. The number of anilines is 1. The van der Waals surface area contributed by atoms with Gasteiger partial charge in [-0.2, -0.15) is 0 Å². The molecule has 1 atom stereocenters. The van der Waals surface area contributed by atoms with Crippen molar-refractivity contribution in [2.24, 2.45) is 5.73 Å². The van der Waals surface area contributed by atoms with Gasteiger partial charge in [0.2, 0.25) is 0 Å². The monoisotopic (exact) mass is 448 g/mol. The van der Waals surface area contributed by atoms with Crippen LogP contribution in [-0.4, -0.2) is 36.8 Å². The number of ether oxygens (including phenoxy) is 3. The first-order valence-electron chi connectivity index (χ1n) is 10.4. The lowest BCUT2D eigenvalue weighted by Gasteiger charge is -2.24. The summed E-state index contributed by atoms with van der Waals surface area (Å²) in [6, 6.07) is 13.8. The van der Waals surface area contributed by atoms with E-state index in [1.807, 2.05) is 36.4 Å². The zero-order valence-electron chi connectivity index (χ0n) is 17.7. The lowest BCUT2D eigenvalue weighted by Crippen LogP contribution is -2.19. The molecular formula is C24H24N4O3S. The van der Waals surface area contributed by atoms with Gasteiger partial charge < -0.3 is 25.7 Å². The van der Waals surface area contributed by atoms with Gasteiger partial charge in [-0.25, -0.2) is 9.97 Å². The Morgan fingerprint density at radius 1 is 1.16 bits per heavy atom. The average Bonchev–Trinajstić information content (AvgIpc) is 3.26. The van der Waals surface area contributed by atoms with Gasteiger partial charge in [-0.3, -0.25) is 0 Å². The van der Waals surface area contributed by atoms with Crippen LogP contribution in [0, 0.1) is 0 Å². The maximum absolute atomic E-state index is 6.03. The highest BCUT2D eigenvalue weighted by Crippen LogP contribution is 2.41. The summed E-state index contributed by atoms with van der Waals surface area (Å²) in [5.74, 6) is 3.10. The van der Waals surface area contributed by atoms with Crippen LogP contribution >= 0.6 is 11.3 Å². The fourth-order valence-corrected chi connectivity index (χ4v) is 5.03. The minimum Gasteiger partial charge on any atom is -0.497 e. The van der Waals surface area contributed by atoms with Crippen LogP contribution in [0.15, 0.2) is 48.7 Å². The maximum Gasteiger partial charge on any atom is 0.147 e. The predicted octanol–water partition coefficient (Wildman–Crippen LogP) is 4.01. The Bertz CT molecular complexity index is 1270. The topological polar surface area (TPSA) is 106 Å². The van der Waals surface area contributed by atoms with Gasteiger partial charge in [0.25, 0.3) is 0 Å². The molecule has 7 nitrogen and oxygen atoms in total. The second kappa shape index (κ2) is 8.64. The highest BCUT2D eigenvalue weighted by atomic mass is 32.1. The predicted molar refractivity (Wildman–Crippen MR) is 127 cm³/mol. The standard InChI is InChI=1S/C24H24N4O3S/c1-29-18-2-3-19-16(9-18)8-17(13-31-19)24-28-23-20(30-7-5-25)10-15(11-21(23)32-24)14-4-6-27-22(26)12-14/h2-4,6,9-12,17H,5,7-8,13,25H2,1H3,(H2,26,27). The van der Waals surface area contributed by atoms with Crippen molar-refractivity contribution < 1.29 is 14.2 Å². The molecule has 4 aromatic rings. The van der Waals surface area contributed by atoms with E-state index in [0.29, 0.717) is 25.6 Å². The number of thiazole rings is 1. The summed E-state index contributed by atoms with van der Waals surface area (Å²) in [6.45, 7) is 1.44. The molecule has 1 aliphatic rings. The van der Waals surface area contributed by atoms with Gasteiger partial charge in [-0.05, 0) is 65.6 Å². The Hall–Kier alpha value is -3.36. The summed E-state index contributed by atoms with van der Waals surface area (Å²) >= 11 is 1.67. The zero-order chi connectivity index (χ0) is 22.1. The largest absolute Gasteiger partial charge is 0.497 e. The van der Waals surface area contributed by atoms with E-state index in [0.717, 1.165) is 55.6 Å². The van der Waals surface area contributed by atoms with Crippen LogP contribution in [0.4, 0.5) is 5.82 Å². The summed E-state index contributed by atoms with van der Waals surface area (Å²) in [5.41, 5.74) is 15.5. The zero-order valence-corrected chi connectivity index (χ0v) is 18.5. The molecule has 3 heterocycles. The van der Waals surface area contributed by atoms with Crippen LogP contribution in [0.1, 0.15) is 16.5 Å². The van der Waals surface area contributed by atoms with Gasteiger partial charge in [-0.15, -0.1) is 11.3 Å². The van der Waals surface area contributed by atoms with Crippen molar-refractivity contribution in [3.8, 4) is 28.4 Å². The van der Waals surface area contributed by atoms with E-state index >= 15 is 0 Å². The second-order valence-electron chi connectivity index (χ2n) is 7.67. The van der Waals surface area contributed by atoms with E-state index in [-0.39, 0.29) is 5.92 Å². The Labute approximate surface area is 190 Å². The van der Waals surface area contributed by atoms with Crippen molar-refractivity contribution in [2.75, 3.05) is 32.6 Å². The average molecular weight is 449 g/mol. The fraction of sp³-hybridized carbons (Fsp3) is 0.250. The van der Waals surface area contributed by atoms with E-state index in [1.165, 1.54) is 0 Å². The summed E-state index contributed by atoms with van der Waals surface area (Å²) < 4.78 is 18.4. The van der Waals surface area contributed by atoms with Gasteiger partial charge in [-0.1, -0.05) is 0 Å². The van der Waals surface area contributed by atoms with Crippen LogP contribution in [0.2, 0.25) is 0 Å². The third-order valence-electron chi connectivity index (χ3n) is 5.49. The lowest BCUT2D eigenvalue weighted by atomic mass is 9.97. The molecule has 1 aliphatic heterocycles. The lowest BCUT2D eigenvalue weighted by molar-refractivity contribution is 0.261. The Balaban J connectivity index is 1.53. The van der Waals surface area contributed by atoms with Gasteiger partial charge in [0, 0.05) is 18.7 Å². The van der Waals surface area contributed by atoms with E-state index in [1.54, 1.807) is 24.6 Å². The SMILES string of the molecule is COc1ccc2c(c1)CC(c1nc3c(OCCN)cc(-c4ccnc(N)c4)cc3s1)CO2. The first-order valence-corrected chi connectivity index (χ1v) is 11.2. The molecule has 0 amide bonds. The third-order valence-corrected chi connectivity index (χ3v) is 6.65. The van der Waals surface area contributed by atoms with E-state index in [2.05, 4.69) is 11.1 Å². The number of methoxy groups -OCH3 is 1. The molecule has 8 heteroatoms. The molecule has 1 unspecified atom stereocenters. The number of benzene rings is 2. The van der Waals surface area contributed by atoms with Crippen LogP contribution in [0.5, 0.6) is 17.2 Å². The number of nitrogen functional groups attached to an aromatic ring is 1. The molecule has 0 bridgehead atoms. The van der Waals surface area contributed by atoms with E-state index < -0.39 is 0 Å². The van der Waals surface area contributed by atoms with Crippen LogP contribution in [0.3, 0.4) is 0 Å². The highest BCUT2D eigenvalue weighted by Gasteiger charge is 2.26. The van der Waals surface area contributed by atoms with Gasteiger partial charge in [0.05, 0.1) is 18.4 Å². The Kier molecular flexibility index (Phi) is 5.55. The molecule has 4 N–H and O–H groups in total. The Morgan fingerprint density at radius 2 is 2.06 bits per heavy atom. The van der Waals surface area contributed by atoms with E-state index in [4.69, 9.17) is 30.7 Å². The molecule has 32 heavy (non-hydrogen) atoms. The molecule has 164 valence electrons. The molecule has 0 fully saturated rings. The number of nitrogens with zero attached hydrogens (tertiary/aromatic N) is 2. The van der Waals surface area contributed by atoms with Gasteiger partial charge in [0.1, 0.15) is 40.2 Å². The van der Waals surface area contributed by atoms with Gasteiger partial charge >= 0.3 is 0 Å². The maximum atomic E-state index is 6.03. The van der Waals surface area contributed by atoms with Crippen molar-refractivity contribution in [1.29, 1.82) is 0 Å².